The molecule has 0 bridgehead atoms. The van der Waals surface area contributed by atoms with Crippen LogP contribution in [0.25, 0.3) is 27.6 Å². The van der Waals surface area contributed by atoms with Crippen LogP contribution in [0, 0.1) is 19.3 Å². The molecule has 0 N–H and O–H groups in total. The number of fused-ring (bicyclic) bond motifs is 3. The van der Waals surface area contributed by atoms with Gasteiger partial charge >= 0.3 is 0 Å². The maximum atomic E-state index is 5.65. The van der Waals surface area contributed by atoms with Gasteiger partial charge in [0.1, 0.15) is 12.4 Å². The van der Waals surface area contributed by atoms with Gasteiger partial charge in [0.15, 0.2) is 0 Å². The van der Waals surface area contributed by atoms with E-state index in [1.807, 2.05) is 12.1 Å². The first-order chi connectivity index (χ1) is 10.3. The molecule has 0 fully saturated rings. The van der Waals surface area contributed by atoms with E-state index in [9.17, 15) is 0 Å². The molecule has 0 heterocycles. The molecule has 0 aliphatic rings. The summed E-state index contributed by atoms with van der Waals surface area (Å²) in [7, 11) is 0. The summed E-state index contributed by atoms with van der Waals surface area (Å²) in [5, 5.41) is 4.82. The first-order valence-electron chi connectivity index (χ1n) is 6.90. The van der Waals surface area contributed by atoms with Crippen molar-refractivity contribution in [2.45, 2.75) is 6.92 Å². The molecule has 0 aliphatic heterocycles. The molecule has 0 radical (unpaired) electrons. The Morgan fingerprint density at radius 3 is 2.52 bits per heavy atom. The molecular formula is C20H16O. The molecule has 21 heavy (non-hydrogen) atoms. The van der Waals surface area contributed by atoms with Gasteiger partial charge in [-0.2, -0.15) is 0 Å². The molecule has 0 aliphatic carbocycles. The Bertz CT molecular complexity index is 882. The minimum Gasteiger partial charge on any atom is -0.481 e. The molecule has 3 rings (SSSR count). The minimum atomic E-state index is 0.283. The standard InChI is InChI=1S/C20H16O/c1-4-13-21-18-12-11-17-10-9-16-8-6-7-15(5-2)20(16)19(17)14(18)3/h1,5-12H,2,13H2,3H3. The smallest absolute Gasteiger partial charge is 0.148 e. The fourth-order valence-corrected chi connectivity index (χ4v) is 2.83. The number of rotatable bonds is 3. The second-order valence-corrected chi connectivity index (χ2v) is 4.99. The summed E-state index contributed by atoms with van der Waals surface area (Å²) in [6.07, 6.45) is 7.19. The summed E-state index contributed by atoms with van der Waals surface area (Å²) in [4.78, 5) is 0. The molecule has 102 valence electrons. The van der Waals surface area contributed by atoms with Gasteiger partial charge in [0.25, 0.3) is 0 Å². The van der Waals surface area contributed by atoms with Crippen LogP contribution >= 0.6 is 0 Å². The molecule has 3 aromatic carbocycles. The van der Waals surface area contributed by atoms with Gasteiger partial charge in [-0.25, -0.2) is 0 Å². The summed E-state index contributed by atoms with van der Waals surface area (Å²) in [6.45, 7) is 6.29. The average Bonchev–Trinajstić information content (AvgIpc) is 2.53. The zero-order valence-corrected chi connectivity index (χ0v) is 12.0. The van der Waals surface area contributed by atoms with Crippen LogP contribution in [0.5, 0.6) is 5.75 Å². The van der Waals surface area contributed by atoms with Gasteiger partial charge in [-0.1, -0.05) is 55.0 Å². The van der Waals surface area contributed by atoms with Crippen LogP contribution in [0.2, 0.25) is 0 Å². The number of hydrogen-bond acceptors (Lipinski definition) is 1. The fourth-order valence-electron chi connectivity index (χ4n) is 2.83. The highest BCUT2D eigenvalue weighted by Gasteiger charge is 2.10. The Balaban J connectivity index is 2.42. The monoisotopic (exact) mass is 272 g/mol. The highest BCUT2D eigenvalue weighted by Crippen LogP contribution is 2.35. The van der Waals surface area contributed by atoms with Gasteiger partial charge in [-0.3, -0.25) is 0 Å². The predicted octanol–water partition coefficient (Wildman–Crippen LogP) is 4.96. The minimum absolute atomic E-state index is 0.283. The molecule has 0 amide bonds. The summed E-state index contributed by atoms with van der Waals surface area (Å²) >= 11 is 0. The van der Waals surface area contributed by atoms with Crippen LogP contribution in [0.1, 0.15) is 11.1 Å². The Kier molecular flexibility index (Phi) is 3.38. The van der Waals surface area contributed by atoms with E-state index in [2.05, 4.69) is 55.8 Å². The molecule has 1 nitrogen and oxygen atoms in total. The third-order valence-electron chi connectivity index (χ3n) is 3.80. The van der Waals surface area contributed by atoms with Crippen molar-refractivity contribution in [3.8, 4) is 18.1 Å². The van der Waals surface area contributed by atoms with Crippen LogP contribution in [0.4, 0.5) is 0 Å². The molecule has 0 saturated carbocycles. The van der Waals surface area contributed by atoms with Gasteiger partial charge in [0.05, 0.1) is 0 Å². The quantitative estimate of drug-likeness (QED) is 0.484. The van der Waals surface area contributed by atoms with Crippen LogP contribution in [0.15, 0.2) is 49.0 Å². The Morgan fingerprint density at radius 2 is 1.81 bits per heavy atom. The van der Waals surface area contributed by atoms with E-state index in [4.69, 9.17) is 11.2 Å². The highest BCUT2D eigenvalue weighted by molar-refractivity contribution is 6.13. The van der Waals surface area contributed by atoms with Gasteiger partial charge < -0.3 is 4.74 Å². The summed E-state index contributed by atoms with van der Waals surface area (Å²) in [6, 6.07) is 14.6. The van der Waals surface area contributed by atoms with Gasteiger partial charge in [0, 0.05) is 0 Å². The Hall–Kier alpha value is -2.72. The topological polar surface area (TPSA) is 9.23 Å². The summed E-state index contributed by atoms with van der Waals surface area (Å²) in [5.74, 6) is 3.35. The fraction of sp³-hybridized carbons (Fsp3) is 0.100. The third-order valence-corrected chi connectivity index (χ3v) is 3.80. The Morgan fingerprint density at radius 1 is 1.10 bits per heavy atom. The number of benzene rings is 3. The lowest BCUT2D eigenvalue weighted by molar-refractivity contribution is 0.368. The van der Waals surface area contributed by atoms with Crippen molar-refractivity contribution < 1.29 is 4.74 Å². The van der Waals surface area contributed by atoms with Crippen molar-refractivity contribution >= 4 is 27.6 Å². The highest BCUT2D eigenvalue weighted by atomic mass is 16.5. The number of hydrogen-bond donors (Lipinski definition) is 0. The summed E-state index contributed by atoms with van der Waals surface area (Å²) in [5.41, 5.74) is 2.25. The lowest BCUT2D eigenvalue weighted by atomic mass is 9.94. The largest absolute Gasteiger partial charge is 0.481 e. The van der Waals surface area contributed by atoms with E-state index in [0.717, 1.165) is 16.9 Å². The molecule has 1 heteroatoms. The zero-order chi connectivity index (χ0) is 14.8. The van der Waals surface area contributed by atoms with Crippen LogP contribution in [-0.2, 0) is 0 Å². The van der Waals surface area contributed by atoms with Crippen LogP contribution in [0.3, 0.4) is 0 Å². The van der Waals surface area contributed by atoms with Crippen molar-refractivity contribution in [1.82, 2.24) is 0 Å². The maximum absolute atomic E-state index is 5.65. The average molecular weight is 272 g/mol. The maximum Gasteiger partial charge on any atom is 0.148 e. The van der Waals surface area contributed by atoms with Crippen LogP contribution < -0.4 is 4.74 Å². The molecule has 0 saturated heterocycles. The second kappa shape index (κ2) is 5.34. The summed E-state index contributed by atoms with van der Waals surface area (Å²) < 4.78 is 5.65. The van der Waals surface area contributed by atoms with E-state index in [0.29, 0.717) is 0 Å². The lowest BCUT2D eigenvalue weighted by Crippen LogP contribution is -1.96. The molecule has 0 atom stereocenters. The van der Waals surface area contributed by atoms with E-state index in [1.54, 1.807) is 0 Å². The van der Waals surface area contributed by atoms with E-state index >= 15 is 0 Å². The van der Waals surface area contributed by atoms with Gasteiger partial charge in [0.2, 0.25) is 0 Å². The molecular weight excluding hydrogens is 256 g/mol. The number of terminal acetylenes is 1. The first-order valence-corrected chi connectivity index (χ1v) is 6.90. The van der Waals surface area contributed by atoms with Crippen molar-refractivity contribution in [2.24, 2.45) is 0 Å². The van der Waals surface area contributed by atoms with Crippen LogP contribution in [-0.4, -0.2) is 6.61 Å². The third kappa shape index (κ3) is 2.15. The molecule has 0 aromatic heterocycles. The normalized spacial score (nSPS) is 10.5. The molecule has 0 spiro atoms. The van der Waals surface area contributed by atoms with Crippen molar-refractivity contribution in [1.29, 1.82) is 0 Å². The number of ether oxygens (including phenoxy) is 1. The second-order valence-electron chi connectivity index (χ2n) is 4.99. The Labute approximate surface area is 124 Å². The van der Waals surface area contributed by atoms with Crippen molar-refractivity contribution in [2.75, 3.05) is 6.61 Å². The van der Waals surface area contributed by atoms with E-state index in [-0.39, 0.29) is 6.61 Å². The van der Waals surface area contributed by atoms with Crippen molar-refractivity contribution in [3.63, 3.8) is 0 Å². The van der Waals surface area contributed by atoms with E-state index < -0.39 is 0 Å². The predicted molar refractivity (Wildman–Crippen MR) is 90.6 cm³/mol. The molecule has 3 aromatic rings. The van der Waals surface area contributed by atoms with Gasteiger partial charge in [-0.05, 0) is 45.7 Å². The lowest BCUT2D eigenvalue weighted by Gasteiger charge is -2.13. The van der Waals surface area contributed by atoms with E-state index in [1.165, 1.54) is 21.5 Å². The first kappa shape index (κ1) is 13.3. The zero-order valence-electron chi connectivity index (χ0n) is 12.0. The molecule has 0 unspecified atom stereocenters. The van der Waals surface area contributed by atoms with Gasteiger partial charge in [-0.15, -0.1) is 6.42 Å². The van der Waals surface area contributed by atoms with Crippen molar-refractivity contribution in [3.05, 3.63) is 60.2 Å². The number of aryl methyl sites for hydroxylation is 1. The SMILES string of the molecule is C#CCOc1ccc2ccc3cccc(C=C)c3c2c1C.